The molecule has 0 aromatic heterocycles. The maximum atomic E-state index is 13.8. The van der Waals surface area contributed by atoms with Gasteiger partial charge in [0.1, 0.15) is 11.6 Å². The lowest BCUT2D eigenvalue weighted by Gasteiger charge is -2.25. The van der Waals surface area contributed by atoms with Crippen LogP contribution in [0.4, 0.5) is 8.78 Å². The second-order valence-corrected chi connectivity index (χ2v) is 6.18. The van der Waals surface area contributed by atoms with Gasteiger partial charge in [-0.15, -0.1) is 0 Å². The summed E-state index contributed by atoms with van der Waals surface area (Å²) >= 11 is 0. The van der Waals surface area contributed by atoms with Gasteiger partial charge in [-0.1, -0.05) is 20.3 Å². The van der Waals surface area contributed by atoms with Gasteiger partial charge in [0.2, 0.25) is 0 Å². The van der Waals surface area contributed by atoms with Crippen molar-refractivity contribution in [3.8, 4) is 0 Å². The standard InChI is InChI=1S/C17H25F2N/c1-3-8-20-17(13-5-4-12(2)9-13)11-14-10-15(18)6-7-16(14)19/h6-7,10,12-13,17,20H,3-5,8-9,11H2,1-2H3. The lowest BCUT2D eigenvalue weighted by Crippen LogP contribution is -2.38. The summed E-state index contributed by atoms with van der Waals surface area (Å²) in [4.78, 5) is 0. The molecule has 0 radical (unpaired) electrons. The molecule has 1 aromatic rings. The molecule has 3 unspecified atom stereocenters. The predicted octanol–water partition coefficient (Wildman–Crippen LogP) is 4.31. The Morgan fingerprint density at radius 2 is 2.10 bits per heavy atom. The van der Waals surface area contributed by atoms with Crippen LogP contribution in [0.5, 0.6) is 0 Å². The summed E-state index contributed by atoms with van der Waals surface area (Å²) in [5, 5.41) is 3.54. The van der Waals surface area contributed by atoms with Crippen LogP contribution in [0.1, 0.15) is 45.1 Å². The van der Waals surface area contributed by atoms with Crippen molar-refractivity contribution in [2.75, 3.05) is 6.54 Å². The topological polar surface area (TPSA) is 12.0 Å². The molecule has 1 aromatic carbocycles. The molecule has 1 aliphatic carbocycles. The van der Waals surface area contributed by atoms with Gasteiger partial charge in [0.15, 0.2) is 0 Å². The fourth-order valence-corrected chi connectivity index (χ4v) is 3.29. The van der Waals surface area contributed by atoms with Gasteiger partial charge < -0.3 is 5.32 Å². The van der Waals surface area contributed by atoms with E-state index in [0.717, 1.165) is 18.9 Å². The van der Waals surface area contributed by atoms with Crippen LogP contribution in [0.25, 0.3) is 0 Å². The molecule has 3 atom stereocenters. The van der Waals surface area contributed by atoms with Crippen LogP contribution in [-0.4, -0.2) is 12.6 Å². The molecule has 1 nitrogen and oxygen atoms in total. The normalized spacial score (nSPS) is 24.0. The van der Waals surface area contributed by atoms with Gasteiger partial charge in [0.05, 0.1) is 0 Å². The third-order valence-corrected chi connectivity index (χ3v) is 4.41. The van der Waals surface area contributed by atoms with Crippen molar-refractivity contribution in [1.29, 1.82) is 0 Å². The summed E-state index contributed by atoms with van der Waals surface area (Å²) in [5.74, 6) is 0.693. The Bertz CT molecular complexity index is 433. The zero-order valence-corrected chi connectivity index (χ0v) is 12.5. The molecule has 1 aliphatic rings. The summed E-state index contributed by atoms with van der Waals surface area (Å²) in [6, 6.07) is 4.02. The zero-order valence-electron chi connectivity index (χ0n) is 12.5. The molecule has 0 saturated heterocycles. The van der Waals surface area contributed by atoms with Crippen LogP contribution in [0.2, 0.25) is 0 Å². The molecule has 112 valence electrons. The van der Waals surface area contributed by atoms with E-state index in [4.69, 9.17) is 0 Å². The average Bonchev–Trinajstić information content (AvgIpc) is 2.85. The van der Waals surface area contributed by atoms with Crippen LogP contribution in [0, 0.1) is 23.5 Å². The van der Waals surface area contributed by atoms with Crippen LogP contribution in [-0.2, 0) is 6.42 Å². The van der Waals surface area contributed by atoms with Crippen molar-refractivity contribution in [3.63, 3.8) is 0 Å². The minimum Gasteiger partial charge on any atom is -0.313 e. The van der Waals surface area contributed by atoms with Crippen molar-refractivity contribution in [2.45, 2.75) is 52.0 Å². The number of rotatable bonds is 6. The Balaban J connectivity index is 2.08. The van der Waals surface area contributed by atoms with Gasteiger partial charge in [-0.25, -0.2) is 8.78 Å². The molecule has 0 amide bonds. The van der Waals surface area contributed by atoms with E-state index in [1.54, 1.807) is 0 Å². The second-order valence-electron chi connectivity index (χ2n) is 6.18. The maximum Gasteiger partial charge on any atom is 0.126 e. The lowest BCUT2D eigenvalue weighted by atomic mass is 9.91. The molecule has 1 N–H and O–H groups in total. The number of benzene rings is 1. The van der Waals surface area contributed by atoms with Gasteiger partial charge in [-0.05, 0) is 67.8 Å². The molecule has 20 heavy (non-hydrogen) atoms. The highest BCUT2D eigenvalue weighted by Gasteiger charge is 2.29. The van der Waals surface area contributed by atoms with Crippen LogP contribution in [0.3, 0.4) is 0 Å². The lowest BCUT2D eigenvalue weighted by molar-refractivity contribution is 0.345. The minimum absolute atomic E-state index is 0.260. The van der Waals surface area contributed by atoms with E-state index in [0.29, 0.717) is 17.9 Å². The molecule has 0 heterocycles. The van der Waals surface area contributed by atoms with Gasteiger partial charge in [0.25, 0.3) is 0 Å². The molecule has 2 rings (SSSR count). The highest BCUT2D eigenvalue weighted by Crippen LogP contribution is 2.34. The first-order valence-electron chi connectivity index (χ1n) is 7.77. The zero-order chi connectivity index (χ0) is 14.5. The molecule has 1 saturated carbocycles. The smallest absolute Gasteiger partial charge is 0.126 e. The first-order valence-corrected chi connectivity index (χ1v) is 7.77. The summed E-state index contributed by atoms with van der Waals surface area (Å²) in [6.45, 7) is 5.34. The first-order chi connectivity index (χ1) is 9.60. The quantitative estimate of drug-likeness (QED) is 0.819. The highest BCUT2D eigenvalue weighted by atomic mass is 19.1. The molecular formula is C17H25F2N. The Hall–Kier alpha value is -0.960. The highest BCUT2D eigenvalue weighted by molar-refractivity contribution is 5.20. The first kappa shape index (κ1) is 15.4. The minimum atomic E-state index is -0.351. The summed E-state index contributed by atoms with van der Waals surface area (Å²) in [5.41, 5.74) is 0.498. The third kappa shape index (κ3) is 4.02. The Kier molecular flexibility index (Phi) is 5.53. The number of halogens is 2. The average molecular weight is 281 g/mol. The van der Waals surface area contributed by atoms with Crippen LogP contribution in [0.15, 0.2) is 18.2 Å². The molecule has 0 aliphatic heterocycles. The largest absolute Gasteiger partial charge is 0.313 e. The molecule has 3 heteroatoms. The SMILES string of the molecule is CCCNC(Cc1cc(F)ccc1F)C1CCC(C)C1. The summed E-state index contributed by atoms with van der Waals surface area (Å²) < 4.78 is 27.1. The third-order valence-electron chi connectivity index (χ3n) is 4.41. The van der Waals surface area contributed by atoms with Crippen LogP contribution < -0.4 is 5.32 Å². The van der Waals surface area contributed by atoms with Gasteiger partial charge in [0, 0.05) is 6.04 Å². The second kappa shape index (κ2) is 7.16. The van der Waals surface area contributed by atoms with E-state index in [-0.39, 0.29) is 17.7 Å². The fourth-order valence-electron chi connectivity index (χ4n) is 3.29. The Morgan fingerprint density at radius 1 is 1.30 bits per heavy atom. The number of hydrogen-bond acceptors (Lipinski definition) is 1. The predicted molar refractivity (Wildman–Crippen MR) is 78.6 cm³/mol. The van der Waals surface area contributed by atoms with Crippen LogP contribution >= 0.6 is 0 Å². The summed E-state index contributed by atoms with van der Waals surface area (Å²) in [6.07, 6.45) is 5.28. The van der Waals surface area contributed by atoms with Crippen molar-refractivity contribution in [2.24, 2.45) is 11.8 Å². The van der Waals surface area contributed by atoms with Gasteiger partial charge in [-0.2, -0.15) is 0 Å². The fraction of sp³-hybridized carbons (Fsp3) is 0.647. The number of nitrogens with one attached hydrogen (secondary N) is 1. The molecular weight excluding hydrogens is 256 g/mol. The molecule has 0 bridgehead atoms. The maximum absolute atomic E-state index is 13.8. The van der Waals surface area contributed by atoms with E-state index in [1.165, 1.54) is 37.5 Å². The van der Waals surface area contributed by atoms with E-state index < -0.39 is 0 Å². The van der Waals surface area contributed by atoms with E-state index in [1.807, 2.05) is 0 Å². The van der Waals surface area contributed by atoms with Crippen molar-refractivity contribution in [1.82, 2.24) is 5.32 Å². The number of hydrogen-bond donors (Lipinski definition) is 1. The van der Waals surface area contributed by atoms with Gasteiger partial charge >= 0.3 is 0 Å². The molecule has 0 spiro atoms. The van der Waals surface area contributed by atoms with Crippen molar-refractivity contribution in [3.05, 3.63) is 35.4 Å². The monoisotopic (exact) mass is 281 g/mol. The molecule has 1 fully saturated rings. The summed E-state index contributed by atoms with van der Waals surface area (Å²) in [7, 11) is 0. The Morgan fingerprint density at radius 3 is 2.75 bits per heavy atom. The van der Waals surface area contributed by atoms with Crippen molar-refractivity contribution >= 4 is 0 Å². The van der Waals surface area contributed by atoms with Gasteiger partial charge in [-0.3, -0.25) is 0 Å². The van der Waals surface area contributed by atoms with E-state index in [2.05, 4.69) is 19.2 Å². The van der Waals surface area contributed by atoms with Crippen molar-refractivity contribution < 1.29 is 8.78 Å². The Labute approximate surface area is 120 Å². The van der Waals surface area contributed by atoms with E-state index in [9.17, 15) is 8.78 Å². The van der Waals surface area contributed by atoms with E-state index >= 15 is 0 Å².